The third-order valence-corrected chi connectivity index (χ3v) is 6.43. The number of piperazine rings is 1. The lowest BCUT2D eigenvalue weighted by atomic mass is 10.2. The van der Waals surface area contributed by atoms with Gasteiger partial charge < -0.3 is 24.8 Å². The predicted octanol–water partition coefficient (Wildman–Crippen LogP) is 2.26. The van der Waals surface area contributed by atoms with Gasteiger partial charge in [0.25, 0.3) is 5.91 Å². The number of halogens is 1. The summed E-state index contributed by atoms with van der Waals surface area (Å²) in [6.07, 6.45) is 3.73. The van der Waals surface area contributed by atoms with Crippen molar-refractivity contribution in [3.63, 3.8) is 0 Å². The number of nitrogens with zero attached hydrogens (tertiary/aromatic N) is 4. The van der Waals surface area contributed by atoms with Gasteiger partial charge in [-0.15, -0.1) is 24.0 Å². The molecular weight excluding hydrogens is 533 g/mol. The Morgan fingerprint density at radius 3 is 2.61 bits per heavy atom. The van der Waals surface area contributed by atoms with E-state index in [0.717, 1.165) is 63.5 Å². The van der Waals surface area contributed by atoms with Crippen LogP contribution in [0.1, 0.15) is 38.2 Å². The number of aliphatic imine (C=N–C) groups is 1. The highest BCUT2D eigenvalue weighted by molar-refractivity contribution is 14.0. The molecule has 3 aliphatic rings. The minimum Gasteiger partial charge on any atom is -0.368 e. The van der Waals surface area contributed by atoms with Crippen molar-refractivity contribution >= 4 is 47.4 Å². The maximum Gasteiger partial charge on any atom is 0.251 e. The second-order valence-electron chi connectivity index (χ2n) is 8.58. The molecule has 0 spiro atoms. The molecule has 9 heteroatoms. The average molecular weight is 569 g/mol. The highest BCUT2D eigenvalue weighted by atomic mass is 127. The molecule has 1 aromatic rings. The summed E-state index contributed by atoms with van der Waals surface area (Å²) in [6.45, 7) is 7.82. The number of hydrogen-bond acceptors (Lipinski definition) is 4. The van der Waals surface area contributed by atoms with Gasteiger partial charge in [-0.05, 0) is 44.2 Å². The smallest absolute Gasteiger partial charge is 0.251 e. The molecule has 1 aromatic carbocycles. The number of hydrogen-bond donors (Lipinski definition) is 1. The Morgan fingerprint density at radius 2 is 1.88 bits per heavy atom. The van der Waals surface area contributed by atoms with Crippen LogP contribution in [-0.2, 0) is 20.7 Å². The van der Waals surface area contributed by atoms with E-state index >= 15 is 0 Å². The summed E-state index contributed by atoms with van der Waals surface area (Å²) in [5.41, 5.74) is 2.31. The molecule has 182 valence electrons. The molecule has 8 nitrogen and oxygen atoms in total. The summed E-state index contributed by atoms with van der Waals surface area (Å²) in [6, 6.07) is 8.15. The lowest BCUT2D eigenvalue weighted by Crippen LogP contribution is -2.55. The first kappa shape index (κ1) is 25.7. The van der Waals surface area contributed by atoms with Crippen LogP contribution in [0.2, 0.25) is 0 Å². The number of fused-ring (bicyclic) bond motifs is 1. The zero-order chi connectivity index (χ0) is 22.3. The first-order valence-corrected chi connectivity index (χ1v) is 12.0. The molecule has 3 aliphatic heterocycles. The Balaban J connectivity index is 0.00000306. The molecule has 4 rings (SSSR count). The van der Waals surface area contributed by atoms with E-state index in [0.29, 0.717) is 32.7 Å². The standard InChI is InChI=1S/C24H35N5O3.HI/c1-2-25-24(28-16-14-27(15-17-28)23(31)21-9-6-18-32-21)26-12-5-10-22(30)29-13-11-19-7-3-4-8-20(19)29;/h3-4,7-8,21H,2,5-6,9-18H2,1H3,(H,25,26);1H. The van der Waals surface area contributed by atoms with Crippen molar-refractivity contribution in [3.05, 3.63) is 29.8 Å². The van der Waals surface area contributed by atoms with E-state index in [-0.39, 0.29) is 41.9 Å². The van der Waals surface area contributed by atoms with Gasteiger partial charge in [-0.25, -0.2) is 0 Å². The first-order chi connectivity index (χ1) is 15.7. The van der Waals surface area contributed by atoms with Crippen LogP contribution < -0.4 is 10.2 Å². The van der Waals surface area contributed by atoms with Crippen LogP contribution in [0.25, 0.3) is 0 Å². The predicted molar refractivity (Wildman–Crippen MR) is 140 cm³/mol. The van der Waals surface area contributed by atoms with Crippen LogP contribution in [0, 0.1) is 0 Å². The van der Waals surface area contributed by atoms with Crippen LogP contribution >= 0.6 is 24.0 Å². The van der Waals surface area contributed by atoms with Gasteiger partial charge in [0.1, 0.15) is 6.10 Å². The summed E-state index contributed by atoms with van der Waals surface area (Å²) < 4.78 is 5.55. The molecule has 3 heterocycles. The second kappa shape index (κ2) is 12.5. The molecule has 33 heavy (non-hydrogen) atoms. The van der Waals surface area contributed by atoms with Crippen molar-refractivity contribution < 1.29 is 14.3 Å². The second-order valence-corrected chi connectivity index (χ2v) is 8.58. The maximum absolute atomic E-state index is 12.7. The topological polar surface area (TPSA) is 77.5 Å². The third-order valence-electron chi connectivity index (χ3n) is 6.43. The summed E-state index contributed by atoms with van der Waals surface area (Å²) in [7, 11) is 0. The van der Waals surface area contributed by atoms with Crippen LogP contribution in [0.15, 0.2) is 29.3 Å². The monoisotopic (exact) mass is 569 g/mol. The number of benzene rings is 1. The molecule has 0 bridgehead atoms. The van der Waals surface area contributed by atoms with E-state index < -0.39 is 0 Å². The fraction of sp³-hybridized carbons (Fsp3) is 0.625. The molecule has 2 amide bonds. The minimum absolute atomic E-state index is 0. The SMILES string of the molecule is CCNC(=NCCCC(=O)N1CCc2ccccc21)N1CCN(C(=O)C2CCCO2)CC1.I. The highest BCUT2D eigenvalue weighted by Crippen LogP contribution is 2.28. The maximum atomic E-state index is 12.7. The Bertz CT molecular complexity index is 835. The number of carbonyl (C=O) groups excluding carboxylic acids is 2. The Kier molecular flexibility index (Phi) is 9.78. The molecule has 0 radical (unpaired) electrons. The molecule has 2 fully saturated rings. The molecule has 0 aromatic heterocycles. The number of ether oxygens (including phenoxy) is 1. The zero-order valence-corrected chi connectivity index (χ0v) is 21.8. The zero-order valence-electron chi connectivity index (χ0n) is 19.5. The number of anilines is 1. The van der Waals surface area contributed by atoms with Crippen LogP contribution in [0.5, 0.6) is 0 Å². The first-order valence-electron chi connectivity index (χ1n) is 12.0. The van der Waals surface area contributed by atoms with Gasteiger partial charge in [0, 0.05) is 64.5 Å². The minimum atomic E-state index is -0.247. The van der Waals surface area contributed by atoms with Gasteiger partial charge in [0.05, 0.1) is 0 Å². The lowest BCUT2D eigenvalue weighted by Gasteiger charge is -2.37. The van der Waals surface area contributed by atoms with E-state index in [1.165, 1.54) is 5.56 Å². The van der Waals surface area contributed by atoms with Crippen molar-refractivity contribution in [1.29, 1.82) is 0 Å². The van der Waals surface area contributed by atoms with Gasteiger partial charge in [-0.3, -0.25) is 14.6 Å². The van der Waals surface area contributed by atoms with E-state index in [1.807, 2.05) is 28.0 Å². The molecule has 1 N–H and O–H groups in total. The fourth-order valence-corrected chi connectivity index (χ4v) is 4.69. The summed E-state index contributed by atoms with van der Waals surface area (Å²) >= 11 is 0. The van der Waals surface area contributed by atoms with Crippen LogP contribution in [0.3, 0.4) is 0 Å². The molecule has 0 saturated carbocycles. The highest BCUT2D eigenvalue weighted by Gasteiger charge is 2.31. The van der Waals surface area contributed by atoms with E-state index in [9.17, 15) is 9.59 Å². The number of carbonyl (C=O) groups is 2. The Hall–Kier alpha value is -1.88. The largest absolute Gasteiger partial charge is 0.368 e. The molecule has 1 atom stereocenters. The number of rotatable bonds is 6. The van der Waals surface area contributed by atoms with E-state index in [1.54, 1.807) is 0 Å². The number of nitrogens with one attached hydrogen (secondary N) is 1. The summed E-state index contributed by atoms with van der Waals surface area (Å²) in [5.74, 6) is 1.18. The van der Waals surface area contributed by atoms with Gasteiger partial charge in [-0.1, -0.05) is 18.2 Å². The van der Waals surface area contributed by atoms with E-state index in [4.69, 9.17) is 9.73 Å². The van der Waals surface area contributed by atoms with Crippen molar-refractivity contribution in [2.45, 2.75) is 45.1 Å². The van der Waals surface area contributed by atoms with Crippen molar-refractivity contribution in [2.24, 2.45) is 4.99 Å². The van der Waals surface area contributed by atoms with Gasteiger partial charge >= 0.3 is 0 Å². The molecule has 1 unspecified atom stereocenters. The van der Waals surface area contributed by atoms with Crippen molar-refractivity contribution in [1.82, 2.24) is 15.1 Å². The van der Waals surface area contributed by atoms with Gasteiger partial charge in [-0.2, -0.15) is 0 Å². The molecule has 0 aliphatic carbocycles. The normalized spacial score (nSPS) is 20.5. The van der Waals surface area contributed by atoms with Gasteiger partial charge in [0.15, 0.2) is 5.96 Å². The van der Waals surface area contributed by atoms with Crippen molar-refractivity contribution in [3.8, 4) is 0 Å². The molecular formula is C24H36IN5O3. The quantitative estimate of drug-likeness (QED) is 0.246. The summed E-state index contributed by atoms with van der Waals surface area (Å²) in [5, 5.41) is 3.36. The Labute approximate surface area is 213 Å². The number of para-hydroxylation sites is 1. The van der Waals surface area contributed by atoms with Crippen molar-refractivity contribution in [2.75, 3.05) is 57.3 Å². The van der Waals surface area contributed by atoms with Crippen LogP contribution in [-0.4, -0.2) is 86.1 Å². The van der Waals surface area contributed by atoms with E-state index in [2.05, 4.69) is 23.2 Å². The van der Waals surface area contributed by atoms with Crippen LogP contribution in [0.4, 0.5) is 5.69 Å². The fourth-order valence-electron chi connectivity index (χ4n) is 4.69. The number of amides is 2. The summed E-state index contributed by atoms with van der Waals surface area (Å²) in [4.78, 5) is 36.1. The van der Waals surface area contributed by atoms with Gasteiger partial charge in [0.2, 0.25) is 5.91 Å². The lowest BCUT2D eigenvalue weighted by molar-refractivity contribution is -0.142. The number of guanidine groups is 1. The Morgan fingerprint density at radius 1 is 1.12 bits per heavy atom. The third kappa shape index (κ3) is 6.38. The average Bonchev–Trinajstić information content (AvgIpc) is 3.51. The molecule has 2 saturated heterocycles.